The molecule has 4 N–H and O–H groups in total. The van der Waals surface area contributed by atoms with Crippen LogP contribution in [0.25, 0.3) is 0 Å². The number of hydrogen-bond acceptors (Lipinski definition) is 6. The highest BCUT2D eigenvalue weighted by Crippen LogP contribution is 2.23. The van der Waals surface area contributed by atoms with Crippen LogP contribution in [-0.4, -0.2) is 31.7 Å². The largest absolute Gasteiger partial charge is 0.505 e. The molecule has 0 unspecified atom stereocenters. The molecule has 14 heavy (non-hydrogen) atoms. The summed E-state index contributed by atoms with van der Waals surface area (Å²) in [5, 5.41) is 38.2. The smallest absolute Gasteiger partial charge is 0.148 e. The van der Waals surface area contributed by atoms with Gasteiger partial charge in [-0.2, -0.15) is 0 Å². The summed E-state index contributed by atoms with van der Waals surface area (Å²) in [5.41, 5.74) is 0.547. The van der Waals surface area contributed by atoms with E-state index in [9.17, 15) is 5.11 Å². The van der Waals surface area contributed by atoms with Crippen molar-refractivity contribution in [1.82, 2.24) is 4.98 Å². The number of aliphatic hydroxyl groups is 2. The quantitative estimate of drug-likeness (QED) is 0.300. The van der Waals surface area contributed by atoms with E-state index in [0.717, 1.165) is 6.21 Å². The second-order valence-electron chi connectivity index (χ2n) is 2.56. The molecule has 0 radical (unpaired) electrons. The average molecular weight is 198 g/mol. The van der Waals surface area contributed by atoms with Gasteiger partial charge in [-0.15, -0.1) is 0 Å². The predicted molar refractivity (Wildman–Crippen MR) is 47.1 cm³/mol. The van der Waals surface area contributed by atoms with Gasteiger partial charge in [0.25, 0.3) is 0 Å². The van der Waals surface area contributed by atoms with Crippen molar-refractivity contribution < 1.29 is 20.5 Å². The zero-order valence-corrected chi connectivity index (χ0v) is 7.25. The lowest BCUT2D eigenvalue weighted by Crippen LogP contribution is -2.00. The molecule has 0 amide bonds. The minimum absolute atomic E-state index is 0.0359. The number of nitrogens with zero attached hydrogens (tertiary/aromatic N) is 2. The van der Waals surface area contributed by atoms with Crippen LogP contribution in [0, 0.1) is 0 Å². The van der Waals surface area contributed by atoms with Gasteiger partial charge in [-0.1, -0.05) is 5.16 Å². The summed E-state index contributed by atoms with van der Waals surface area (Å²) in [6.07, 6.45) is 2.23. The van der Waals surface area contributed by atoms with Gasteiger partial charge in [-0.25, -0.2) is 0 Å². The molecule has 0 saturated carbocycles. The minimum Gasteiger partial charge on any atom is -0.505 e. The maximum absolute atomic E-state index is 9.50. The number of rotatable bonds is 3. The van der Waals surface area contributed by atoms with Crippen molar-refractivity contribution in [3.05, 3.63) is 23.0 Å². The molecule has 0 atom stereocenters. The Hall–Kier alpha value is -1.66. The first-order valence-corrected chi connectivity index (χ1v) is 3.83. The third kappa shape index (κ3) is 1.81. The normalized spacial score (nSPS) is 11.0. The van der Waals surface area contributed by atoms with Crippen molar-refractivity contribution in [2.45, 2.75) is 13.2 Å². The molecule has 6 nitrogen and oxygen atoms in total. The van der Waals surface area contributed by atoms with Gasteiger partial charge in [0.15, 0.2) is 0 Å². The standard InChI is InChI=1S/C8H10N2O4/c11-3-5-1-9-7(2-10-14)8(13)6(5)4-12/h1-2,11-14H,3-4H2/b10-2+. The molecule has 0 bridgehead atoms. The van der Waals surface area contributed by atoms with Crippen molar-refractivity contribution in [2.75, 3.05) is 0 Å². The SMILES string of the molecule is OCc1cnc(/C=N/O)c(O)c1CO. The molecule has 0 spiro atoms. The van der Waals surface area contributed by atoms with E-state index in [2.05, 4.69) is 10.1 Å². The van der Waals surface area contributed by atoms with E-state index in [-0.39, 0.29) is 23.6 Å². The summed E-state index contributed by atoms with van der Waals surface area (Å²) in [6, 6.07) is 0. The maximum atomic E-state index is 9.50. The van der Waals surface area contributed by atoms with Crippen LogP contribution in [0.5, 0.6) is 5.75 Å². The van der Waals surface area contributed by atoms with Gasteiger partial charge >= 0.3 is 0 Å². The fraction of sp³-hybridized carbons (Fsp3) is 0.250. The molecule has 0 fully saturated rings. The number of aliphatic hydroxyl groups excluding tert-OH is 2. The van der Waals surface area contributed by atoms with Crippen LogP contribution in [0.15, 0.2) is 11.4 Å². The fourth-order valence-electron chi connectivity index (χ4n) is 1.06. The molecule has 0 saturated heterocycles. The fourth-order valence-corrected chi connectivity index (χ4v) is 1.06. The Morgan fingerprint density at radius 2 is 2.07 bits per heavy atom. The number of hydrogen-bond donors (Lipinski definition) is 4. The van der Waals surface area contributed by atoms with E-state index in [4.69, 9.17) is 15.4 Å². The molecule has 0 aliphatic carbocycles. The first-order valence-electron chi connectivity index (χ1n) is 3.83. The van der Waals surface area contributed by atoms with Crippen molar-refractivity contribution in [3.63, 3.8) is 0 Å². The molecule has 0 aliphatic heterocycles. The Bertz CT molecular complexity index is 351. The molecule has 1 aromatic rings. The third-order valence-corrected chi connectivity index (χ3v) is 1.78. The second-order valence-corrected chi connectivity index (χ2v) is 2.56. The summed E-state index contributed by atoms with van der Waals surface area (Å²) in [6.45, 7) is -0.747. The molecule has 0 aliphatic rings. The van der Waals surface area contributed by atoms with Crippen LogP contribution in [0.3, 0.4) is 0 Å². The molecule has 0 aromatic carbocycles. The highest BCUT2D eigenvalue weighted by atomic mass is 16.4. The van der Waals surface area contributed by atoms with Gasteiger partial charge in [-0.05, 0) is 0 Å². The average Bonchev–Trinajstić information content (AvgIpc) is 2.21. The Kier molecular flexibility index (Phi) is 3.38. The summed E-state index contributed by atoms with van der Waals surface area (Å²) in [5.74, 6) is -0.295. The summed E-state index contributed by atoms with van der Waals surface area (Å²) in [7, 11) is 0. The summed E-state index contributed by atoms with van der Waals surface area (Å²) >= 11 is 0. The Morgan fingerprint density at radius 1 is 1.36 bits per heavy atom. The highest BCUT2D eigenvalue weighted by Gasteiger charge is 2.11. The van der Waals surface area contributed by atoms with E-state index >= 15 is 0 Å². The predicted octanol–water partition coefficient (Wildman–Crippen LogP) is -0.420. The van der Waals surface area contributed by atoms with E-state index in [1.54, 1.807) is 0 Å². The van der Waals surface area contributed by atoms with Crippen molar-refractivity contribution >= 4 is 6.21 Å². The zero-order valence-electron chi connectivity index (χ0n) is 7.25. The van der Waals surface area contributed by atoms with Gasteiger partial charge < -0.3 is 20.5 Å². The lowest BCUT2D eigenvalue weighted by molar-refractivity contribution is 0.254. The van der Waals surface area contributed by atoms with Crippen molar-refractivity contribution in [3.8, 4) is 5.75 Å². The third-order valence-electron chi connectivity index (χ3n) is 1.78. The Morgan fingerprint density at radius 3 is 2.57 bits per heavy atom. The molecule has 1 aromatic heterocycles. The van der Waals surface area contributed by atoms with Crippen LogP contribution in [-0.2, 0) is 13.2 Å². The summed E-state index contributed by atoms with van der Waals surface area (Å²) in [4.78, 5) is 3.72. The number of pyridine rings is 1. The van der Waals surface area contributed by atoms with Gasteiger partial charge in [0.05, 0.1) is 19.4 Å². The van der Waals surface area contributed by atoms with Crippen LogP contribution in [0.4, 0.5) is 0 Å². The van der Waals surface area contributed by atoms with E-state index in [1.165, 1.54) is 6.20 Å². The van der Waals surface area contributed by atoms with Gasteiger partial charge in [0, 0.05) is 17.3 Å². The van der Waals surface area contributed by atoms with Gasteiger partial charge in [0.2, 0.25) is 0 Å². The second kappa shape index (κ2) is 4.54. The maximum Gasteiger partial charge on any atom is 0.148 e. The first-order chi connectivity index (χ1) is 6.74. The lowest BCUT2D eigenvalue weighted by atomic mass is 10.1. The van der Waals surface area contributed by atoms with Crippen LogP contribution in [0.1, 0.15) is 16.8 Å². The molecule has 6 heteroatoms. The highest BCUT2D eigenvalue weighted by molar-refractivity contribution is 5.81. The Balaban J connectivity index is 3.27. The minimum atomic E-state index is -0.420. The number of aromatic nitrogens is 1. The molecule has 1 rings (SSSR count). The number of oxime groups is 1. The topological polar surface area (TPSA) is 106 Å². The first kappa shape index (κ1) is 10.4. The van der Waals surface area contributed by atoms with Crippen LogP contribution in [0.2, 0.25) is 0 Å². The van der Waals surface area contributed by atoms with Gasteiger partial charge in [-0.3, -0.25) is 4.98 Å². The van der Waals surface area contributed by atoms with E-state index in [0.29, 0.717) is 5.56 Å². The molecular weight excluding hydrogens is 188 g/mol. The van der Waals surface area contributed by atoms with E-state index < -0.39 is 6.61 Å². The van der Waals surface area contributed by atoms with Crippen LogP contribution >= 0.6 is 0 Å². The van der Waals surface area contributed by atoms with Gasteiger partial charge in [0.1, 0.15) is 11.4 Å². The molecule has 1 heterocycles. The lowest BCUT2D eigenvalue weighted by Gasteiger charge is -2.07. The molecule has 76 valence electrons. The van der Waals surface area contributed by atoms with Crippen molar-refractivity contribution in [2.24, 2.45) is 5.16 Å². The molecular formula is C8H10N2O4. The zero-order chi connectivity index (χ0) is 10.6. The monoisotopic (exact) mass is 198 g/mol. The van der Waals surface area contributed by atoms with Crippen LogP contribution < -0.4 is 0 Å². The Labute approximate surface area is 79.8 Å². The number of aromatic hydroxyl groups is 1. The van der Waals surface area contributed by atoms with Crippen molar-refractivity contribution in [1.29, 1.82) is 0 Å². The van der Waals surface area contributed by atoms with E-state index in [1.807, 2.05) is 0 Å². The summed E-state index contributed by atoms with van der Waals surface area (Å²) < 4.78 is 0.